The number of rotatable bonds is 5. The van der Waals surface area contributed by atoms with Crippen LogP contribution in [0.4, 0.5) is 10.5 Å². The number of hydrogen-bond donors (Lipinski definition) is 2. The first-order chi connectivity index (χ1) is 9.84. The molecule has 0 radical (unpaired) electrons. The second kappa shape index (κ2) is 8.53. The van der Waals surface area contributed by atoms with E-state index < -0.39 is 0 Å². The van der Waals surface area contributed by atoms with Crippen LogP contribution < -0.4 is 10.6 Å². The number of carbonyl (C=O) groups is 1. The lowest BCUT2D eigenvalue weighted by Crippen LogP contribution is -2.32. The Labute approximate surface area is 120 Å². The Kier molecular flexibility index (Phi) is 6.31. The van der Waals surface area contributed by atoms with Crippen molar-refractivity contribution in [3.63, 3.8) is 0 Å². The topological polar surface area (TPSA) is 57.3 Å². The third-order valence-corrected chi connectivity index (χ3v) is 3.57. The Balaban J connectivity index is 1.57. The van der Waals surface area contributed by atoms with E-state index in [1.165, 1.54) is 38.8 Å². The Hall–Kier alpha value is -1.62. The van der Waals surface area contributed by atoms with Crippen LogP contribution in [0.5, 0.6) is 0 Å². The molecule has 2 heterocycles. The Morgan fingerprint density at radius 2 is 1.85 bits per heavy atom. The lowest BCUT2D eigenvalue weighted by molar-refractivity contribution is 0.249. The molecular formula is C15H24N4O. The number of pyridine rings is 1. The molecule has 1 aliphatic heterocycles. The van der Waals surface area contributed by atoms with Gasteiger partial charge in [0.05, 0.1) is 0 Å². The van der Waals surface area contributed by atoms with Crippen LogP contribution in [0, 0.1) is 0 Å². The summed E-state index contributed by atoms with van der Waals surface area (Å²) in [6.07, 6.45) is 9.69. The van der Waals surface area contributed by atoms with Crippen molar-refractivity contribution in [1.82, 2.24) is 15.2 Å². The minimum absolute atomic E-state index is 0.146. The molecule has 20 heavy (non-hydrogen) atoms. The lowest BCUT2D eigenvalue weighted by atomic mass is 10.2. The van der Waals surface area contributed by atoms with E-state index in [0.717, 1.165) is 18.7 Å². The van der Waals surface area contributed by atoms with Crippen LogP contribution in [-0.2, 0) is 0 Å². The van der Waals surface area contributed by atoms with E-state index in [4.69, 9.17) is 0 Å². The summed E-state index contributed by atoms with van der Waals surface area (Å²) in [6, 6.07) is 3.40. The van der Waals surface area contributed by atoms with Crippen LogP contribution in [0.1, 0.15) is 32.1 Å². The fourth-order valence-electron chi connectivity index (χ4n) is 2.47. The zero-order chi connectivity index (χ0) is 14.0. The summed E-state index contributed by atoms with van der Waals surface area (Å²) in [5.74, 6) is 0. The van der Waals surface area contributed by atoms with E-state index in [1.807, 2.05) is 0 Å². The van der Waals surface area contributed by atoms with E-state index >= 15 is 0 Å². The summed E-state index contributed by atoms with van der Waals surface area (Å²) >= 11 is 0. The molecule has 0 unspecified atom stereocenters. The number of nitrogens with zero attached hydrogens (tertiary/aromatic N) is 2. The molecule has 2 N–H and O–H groups in total. The van der Waals surface area contributed by atoms with Crippen LogP contribution in [0.25, 0.3) is 0 Å². The molecule has 1 aromatic rings. The van der Waals surface area contributed by atoms with Gasteiger partial charge in [-0.15, -0.1) is 0 Å². The first-order valence-electron chi connectivity index (χ1n) is 7.52. The third-order valence-electron chi connectivity index (χ3n) is 3.57. The minimum Gasteiger partial charge on any atom is -0.338 e. The fraction of sp³-hybridized carbons (Fsp3) is 0.600. The zero-order valence-electron chi connectivity index (χ0n) is 12.0. The summed E-state index contributed by atoms with van der Waals surface area (Å²) in [5.41, 5.74) is 0.769. The molecule has 1 saturated heterocycles. The maximum Gasteiger partial charge on any atom is 0.319 e. The number of hydrogen-bond acceptors (Lipinski definition) is 3. The molecule has 0 spiro atoms. The van der Waals surface area contributed by atoms with E-state index in [0.29, 0.717) is 6.54 Å². The quantitative estimate of drug-likeness (QED) is 0.812. The molecule has 0 aromatic carbocycles. The van der Waals surface area contributed by atoms with Crippen molar-refractivity contribution in [1.29, 1.82) is 0 Å². The van der Waals surface area contributed by atoms with Crippen molar-refractivity contribution in [3.05, 3.63) is 24.5 Å². The molecule has 0 aliphatic carbocycles. The van der Waals surface area contributed by atoms with E-state index in [1.54, 1.807) is 24.5 Å². The highest BCUT2D eigenvalue weighted by atomic mass is 16.2. The van der Waals surface area contributed by atoms with Crippen molar-refractivity contribution >= 4 is 11.7 Å². The Morgan fingerprint density at radius 3 is 2.55 bits per heavy atom. The van der Waals surface area contributed by atoms with Gasteiger partial charge in [-0.05, 0) is 51.0 Å². The van der Waals surface area contributed by atoms with Gasteiger partial charge < -0.3 is 15.5 Å². The van der Waals surface area contributed by atoms with E-state index in [9.17, 15) is 4.79 Å². The first kappa shape index (κ1) is 14.8. The molecule has 0 bridgehead atoms. The van der Waals surface area contributed by atoms with E-state index in [-0.39, 0.29) is 6.03 Å². The molecular weight excluding hydrogens is 252 g/mol. The summed E-state index contributed by atoms with van der Waals surface area (Å²) in [4.78, 5) is 18.1. The van der Waals surface area contributed by atoms with Crippen molar-refractivity contribution in [2.75, 3.05) is 31.5 Å². The maximum atomic E-state index is 11.7. The number of likely N-dealkylation sites (tertiary alicyclic amines) is 1. The lowest BCUT2D eigenvalue weighted by Gasteiger charge is -2.19. The summed E-state index contributed by atoms with van der Waals surface area (Å²) < 4.78 is 0. The Morgan fingerprint density at radius 1 is 1.15 bits per heavy atom. The van der Waals surface area contributed by atoms with Crippen molar-refractivity contribution in [2.45, 2.75) is 32.1 Å². The highest BCUT2D eigenvalue weighted by Gasteiger charge is 2.08. The van der Waals surface area contributed by atoms with Crippen LogP contribution >= 0.6 is 0 Å². The number of aromatic nitrogens is 1. The predicted molar refractivity (Wildman–Crippen MR) is 80.8 cm³/mol. The molecule has 1 aliphatic rings. The van der Waals surface area contributed by atoms with Crippen molar-refractivity contribution in [3.8, 4) is 0 Å². The summed E-state index contributed by atoms with van der Waals surface area (Å²) in [6.45, 7) is 4.22. The molecule has 2 rings (SSSR count). The molecule has 1 aromatic heterocycles. The van der Waals surface area contributed by atoms with Crippen LogP contribution in [-0.4, -0.2) is 42.1 Å². The van der Waals surface area contributed by atoms with Gasteiger partial charge in [-0.2, -0.15) is 0 Å². The first-order valence-corrected chi connectivity index (χ1v) is 7.52. The van der Waals surface area contributed by atoms with Gasteiger partial charge in [0.25, 0.3) is 0 Å². The van der Waals surface area contributed by atoms with Gasteiger partial charge >= 0.3 is 6.03 Å². The number of nitrogens with one attached hydrogen (secondary N) is 2. The maximum absolute atomic E-state index is 11.7. The summed E-state index contributed by atoms with van der Waals surface area (Å²) in [7, 11) is 0. The number of anilines is 1. The van der Waals surface area contributed by atoms with Crippen LogP contribution in [0.15, 0.2) is 24.5 Å². The molecule has 1 fully saturated rings. The van der Waals surface area contributed by atoms with Gasteiger partial charge in [0.1, 0.15) is 0 Å². The highest BCUT2D eigenvalue weighted by molar-refractivity contribution is 5.88. The second-order valence-electron chi connectivity index (χ2n) is 5.23. The zero-order valence-corrected chi connectivity index (χ0v) is 12.0. The standard InChI is InChI=1S/C15H24N4O/c20-15(18-14-6-9-16-10-7-14)17-8-5-13-19-11-3-1-2-4-12-19/h6-7,9-10H,1-5,8,11-13H2,(H2,16,17,18,20). The molecule has 110 valence electrons. The smallest absolute Gasteiger partial charge is 0.319 e. The normalized spacial score (nSPS) is 16.4. The van der Waals surface area contributed by atoms with Gasteiger partial charge in [0.15, 0.2) is 0 Å². The average molecular weight is 276 g/mol. The van der Waals surface area contributed by atoms with Gasteiger partial charge in [0.2, 0.25) is 0 Å². The van der Waals surface area contributed by atoms with Gasteiger partial charge in [-0.3, -0.25) is 4.98 Å². The number of carbonyl (C=O) groups excluding carboxylic acids is 1. The third kappa shape index (κ3) is 5.57. The van der Waals surface area contributed by atoms with Gasteiger partial charge in [0, 0.05) is 24.6 Å². The minimum atomic E-state index is -0.146. The van der Waals surface area contributed by atoms with Crippen LogP contribution in [0.2, 0.25) is 0 Å². The predicted octanol–water partition coefficient (Wildman–Crippen LogP) is 2.47. The molecule has 0 saturated carbocycles. The second-order valence-corrected chi connectivity index (χ2v) is 5.23. The van der Waals surface area contributed by atoms with Crippen LogP contribution in [0.3, 0.4) is 0 Å². The van der Waals surface area contributed by atoms with Gasteiger partial charge in [-0.1, -0.05) is 12.8 Å². The summed E-state index contributed by atoms with van der Waals surface area (Å²) in [5, 5.41) is 5.68. The number of amides is 2. The number of urea groups is 1. The molecule has 5 heteroatoms. The largest absolute Gasteiger partial charge is 0.338 e. The monoisotopic (exact) mass is 276 g/mol. The Bertz CT molecular complexity index is 388. The molecule has 2 amide bonds. The van der Waals surface area contributed by atoms with Crippen molar-refractivity contribution in [2.24, 2.45) is 0 Å². The SMILES string of the molecule is O=C(NCCCN1CCCCCC1)Nc1ccncc1. The van der Waals surface area contributed by atoms with E-state index in [2.05, 4.69) is 20.5 Å². The highest BCUT2D eigenvalue weighted by Crippen LogP contribution is 2.09. The molecule has 0 atom stereocenters. The fourth-order valence-corrected chi connectivity index (χ4v) is 2.47. The average Bonchev–Trinajstić information content (AvgIpc) is 2.73. The molecule has 5 nitrogen and oxygen atoms in total. The van der Waals surface area contributed by atoms with Crippen molar-refractivity contribution < 1.29 is 4.79 Å². The van der Waals surface area contributed by atoms with Gasteiger partial charge in [-0.25, -0.2) is 4.79 Å².